The minimum atomic E-state index is -0.511. The number of H-pyrrole nitrogens is 1. The van der Waals surface area contributed by atoms with Gasteiger partial charge in [-0.3, -0.25) is 9.89 Å². The third-order valence-corrected chi connectivity index (χ3v) is 5.03. The van der Waals surface area contributed by atoms with Gasteiger partial charge in [-0.25, -0.2) is 4.79 Å². The van der Waals surface area contributed by atoms with Gasteiger partial charge in [-0.15, -0.1) is 11.3 Å². The van der Waals surface area contributed by atoms with Crippen LogP contribution >= 0.6 is 34.5 Å². The lowest BCUT2D eigenvalue weighted by atomic mass is 10.1. The number of hydrogen-bond donors (Lipinski definition) is 2. The van der Waals surface area contributed by atoms with Crippen molar-refractivity contribution < 1.29 is 14.3 Å². The zero-order valence-electron chi connectivity index (χ0n) is 13.7. The summed E-state index contributed by atoms with van der Waals surface area (Å²) in [6.07, 6.45) is 0. The lowest BCUT2D eigenvalue weighted by Crippen LogP contribution is -2.14. The molecule has 2 N–H and O–H groups in total. The zero-order valence-corrected chi connectivity index (χ0v) is 16.1. The Balaban J connectivity index is 1.84. The van der Waals surface area contributed by atoms with Crippen molar-refractivity contribution in [1.82, 2.24) is 10.2 Å². The number of benzene rings is 1. The number of methoxy groups -OCH3 is 1. The first-order valence-corrected chi connectivity index (χ1v) is 8.97. The first-order valence-electron chi connectivity index (χ1n) is 7.40. The second-order valence-corrected chi connectivity index (χ2v) is 7.44. The summed E-state index contributed by atoms with van der Waals surface area (Å²) in [5, 5.41) is 10.8. The van der Waals surface area contributed by atoms with E-state index in [1.54, 1.807) is 30.3 Å². The maximum atomic E-state index is 12.5. The predicted octanol–water partition coefficient (Wildman–Crippen LogP) is 4.79. The van der Waals surface area contributed by atoms with Crippen LogP contribution in [0.3, 0.4) is 0 Å². The van der Waals surface area contributed by atoms with Gasteiger partial charge in [0, 0.05) is 15.5 Å². The summed E-state index contributed by atoms with van der Waals surface area (Å²) in [6, 6.07) is 8.25. The fourth-order valence-corrected chi connectivity index (χ4v) is 3.71. The molecule has 0 bridgehead atoms. The van der Waals surface area contributed by atoms with Crippen LogP contribution in [-0.4, -0.2) is 29.2 Å². The molecule has 2 heterocycles. The second kappa shape index (κ2) is 7.49. The summed E-state index contributed by atoms with van der Waals surface area (Å²) in [5.74, 6) is -0.941. The van der Waals surface area contributed by atoms with E-state index in [9.17, 15) is 9.59 Å². The number of aromatic amines is 1. The number of thiophene rings is 1. The van der Waals surface area contributed by atoms with Gasteiger partial charge in [0.2, 0.25) is 0 Å². The fourth-order valence-electron chi connectivity index (χ4n) is 2.31. The number of nitrogens with zero attached hydrogens (tertiary/aromatic N) is 1. The van der Waals surface area contributed by atoms with E-state index in [4.69, 9.17) is 27.9 Å². The summed E-state index contributed by atoms with van der Waals surface area (Å²) in [7, 11) is 1.29. The highest BCUT2D eigenvalue weighted by atomic mass is 35.5. The van der Waals surface area contributed by atoms with Crippen LogP contribution in [0.15, 0.2) is 30.3 Å². The molecular formula is C17H13Cl2N3O3S. The molecule has 0 fully saturated rings. The lowest BCUT2D eigenvalue weighted by Gasteiger charge is -2.03. The zero-order chi connectivity index (χ0) is 18.8. The van der Waals surface area contributed by atoms with Crippen LogP contribution in [0, 0.1) is 6.92 Å². The van der Waals surface area contributed by atoms with Crippen molar-refractivity contribution in [2.45, 2.75) is 6.92 Å². The van der Waals surface area contributed by atoms with Crippen molar-refractivity contribution in [1.29, 1.82) is 0 Å². The van der Waals surface area contributed by atoms with Gasteiger partial charge >= 0.3 is 5.97 Å². The number of carbonyl (C=O) groups is 2. The number of anilines is 1. The van der Waals surface area contributed by atoms with Crippen LogP contribution in [0.5, 0.6) is 0 Å². The fraction of sp³-hybridized carbons (Fsp3) is 0.118. The number of halogens is 2. The monoisotopic (exact) mass is 409 g/mol. The largest absolute Gasteiger partial charge is 0.465 e. The normalized spacial score (nSPS) is 10.6. The molecule has 134 valence electrons. The highest BCUT2D eigenvalue weighted by molar-refractivity contribution is 7.16. The molecule has 0 aliphatic carbocycles. The van der Waals surface area contributed by atoms with E-state index in [-0.39, 0.29) is 5.69 Å². The number of esters is 1. The van der Waals surface area contributed by atoms with E-state index in [1.165, 1.54) is 18.4 Å². The molecule has 0 atom stereocenters. The number of amides is 1. The van der Waals surface area contributed by atoms with Crippen molar-refractivity contribution in [2.75, 3.05) is 12.4 Å². The Bertz CT molecular complexity index is 997. The van der Waals surface area contributed by atoms with Gasteiger partial charge in [-0.1, -0.05) is 23.2 Å². The molecule has 0 saturated heterocycles. The number of carbonyl (C=O) groups excluding carboxylic acids is 2. The molecule has 6 nitrogen and oxygen atoms in total. The van der Waals surface area contributed by atoms with Crippen LogP contribution in [-0.2, 0) is 4.74 Å². The van der Waals surface area contributed by atoms with Crippen molar-refractivity contribution in [2.24, 2.45) is 0 Å². The molecule has 3 rings (SSSR count). The minimum absolute atomic E-state index is 0.230. The molecule has 0 aliphatic heterocycles. The van der Waals surface area contributed by atoms with Gasteiger partial charge in [0.1, 0.15) is 10.7 Å². The lowest BCUT2D eigenvalue weighted by molar-refractivity contribution is 0.0602. The van der Waals surface area contributed by atoms with E-state index in [2.05, 4.69) is 15.5 Å². The van der Waals surface area contributed by atoms with Crippen LogP contribution < -0.4 is 5.32 Å². The number of aryl methyl sites for hydroxylation is 1. The second-order valence-electron chi connectivity index (χ2n) is 5.34. The van der Waals surface area contributed by atoms with E-state index in [0.717, 1.165) is 4.88 Å². The molecule has 1 aromatic carbocycles. The third-order valence-electron chi connectivity index (χ3n) is 3.52. The van der Waals surface area contributed by atoms with Crippen molar-refractivity contribution in [3.63, 3.8) is 0 Å². The average molecular weight is 410 g/mol. The summed E-state index contributed by atoms with van der Waals surface area (Å²) in [6.45, 7) is 1.84. The van der Waals surface area contributed by atoms with E-state index < -0.39 is 11.9 Å². The van der Waals surface area contributed by atoms with E-state index in [1.807, 2.05) is 6.92 Å². The smallest absolute Gasteiger partial charge is 0.340 e. The number of rotatable bonds is 4. The van der Waals surface area contributed by atoms with Crippen molar-refractivity contribution in [3.05, 3.63) is 56.5 Å². The predicted molar refractivity (Wildman–Crippen MR) is 102 cm³/mol. The Morgan fingerprint density at radius 3 is 2.69 bits per heavy atom. The van der Waals surface area contributed by atoms with Gasteiger partial charge in [0.05, 0.1) is 23.4 Å². The molecule has 1 amide bonds. The van der Waals surface area contributed by atoms with E-state index in [0.29, 0.717) is 31.9 Å². The number of ether oxygens (including phenoxy) is 1. The Morgan fingerprint density at radius 1 is 1.23 bits per heavy atom. The molecule has 26 heavy (non-hydrogen) atoms. The SMILES string of the molecule is COC(=O)c1cc(C)sc1NC(=O)c1cc(-c2ccc(Cl)cc2Cl)n[nH]1. The quantitative estimate of drug-likeness (QED) is 0.606. The minimum Gasteiger partial charge on any atom is -0.465 e. The van der Waals surface area contributed by atoms with Crippen molar-refractivity contribution >= 4 is 51.4 Å². The molecule has 0 radical (unpaired) electrons. The molecule has 0 saturated carbocycles. The average Bonchev–Trinajstić information content (AvgIpc) is 3.21. The maximum absolute atomic E-state index is 12.5. The Labute approximate surface area is 163 Å². The first kappa shape index (κ1) is 18.4. The standard InChI is InChI=1S/C17H13Cl2N3O3S/c1-8-5-11(17(24)25-2)16(26-8)20-15(23)14-7-13(21-22-14)10-4-3-9(18)6-12(10)19/h3-7H,1-2H3,(H,20,23)(H,21,22). The molecular weight excluding hydrogens is 397 g/mol. The topological polar surface area (TPSA) is 84.1 Å². The molecule has 0 aliphatic rings. The third kappa shape index (κ3) is 3.75. The van der Waals surface area contributed by atoms with Gasteiger partial charge in [-0.05, 0) is 37.3 Å². The van der Waals surface area contributed by atoms with Crippen LogP contribution in [0.25, 0.3) is 11.3 Å². The first-order chi connectivity index (χ1) is 12.4. The molecule has 0 unspecified atom stereocenters. The summed E-state index contributed by atoms with van der Waals surface area (Å²) < 4.78 is 4.73. The van der Waals surface area contributed by atoms with Crippen LogP contribution in [0.2, 0.25) is 10.0 Å². The van der Waals surface area contributed by atoms with Gasteiger partial charge < -0.3 is 10.1 Å². The van der Waals surface area contributed by atoms with Crippen LogP contribution in [0.4, 0.5) is 5.00 Å². The maximum Gasteiger partial charge on any atom is 0.340 e. The molecule has 2 aromatic heterocycles. The van der Waals surface area contributed by atoms with Gasteiger partial charge in [0.25, 0.3) is 5.91 Å². The van der Waals surface area contributed by atoms with Crippen LogP contribution in [0.1, 0.15) is 25.7 Å². The summed E-state index contributed by atoms with van der Waals surface area (Å²) >= 11 is 13.3. The number of aromatic nitrogens is 2. The number of hydrogen-bond acceptors (Lipinski definition) is 5. The summed E-state index contributed by atoms with van der Waals surface area (Å²) in [4.78, 5) is 25.2. The highest BCUT2D eigenvalue weighted by Crippen LogP contribution is 2.31. The Hall–Kier alpha value is -2.35. The van der Waals surface area contributed by atoms with Gasteiger partial charge in [0.15, 0.2) is 0 Å². The molecule has 9 heteroatoms. The molecule has 3 aromatic rings. The van der Waals surface area contributed by atoms with Gasteiger partial charge in [-0.2, -0.15) is 5.10 Å². The molecule has 0 spiro atoms. The number of nitrogens with one attached hydrogen (secondary N) is 2. The summed E-state index contributed by atoms with van der Waals surface area (Å²) in [5.41, 5.74) is 1.69. The Kier molecular flexibility index (Phi) is 5.31. The highest BCUT2D eigenvalue weighted by Gasteiger charge is 2.19. The van der Waals surface area contributed by atoms with E-state index >= 15 is 0 Å². The Morgan fingerprint density at radius 2 is 2.00 bits per heavy atom. The van der Waals surface area contributed by atoms with Crippen molar-refractivity contribution in [3.8, 4) is 11.3 Å².